The summed E-state index contributed by atoms with van der Waals surface area (Å²) in [4.78, 5) is 44.1. The fourth-order valence-corrected chi connectivity index (χ4v) is 3.15. The first-order chi connectivity index (χ1) is 15.9. The molecule has 1 aromatic carbocycles. The number of carbonyl (C=O) groups excluding carboxylic acids is 1. The predicted octanol–water partition coefficient (Wildman–Crippen LogP) is 1.79. The van der Waals surface area contributed by atoms with E-state index in [1.165, 1.54) is 25.4 Å². The third-order valence-electron chi connectivity index (χ3n) is 4.84. The number of esters is 1. The number of halogens is 2. The highest BCUT2D eigenvalue weighted by Crippen LogP contribution is 2.21. The van der Waals surface area contributed by atoms with E-state index in [0.29, 0.717) is 11.4 Å². The Bertz CT molecular complexity index is 1380. The van der Waals surface area contributed by atoms with Crippen molar-refractivity contribution in [3.05, 3.63) is 91.3 Å². The van der Waals surface area contributed by atoms with E-state index in [9.17, 15) is 23.2 Å². The number of hydrogen-bond acceptors (Lipinski definition) is 7. The van der Waals surface area contributed by atoms with Gasteiger partial charge < -0.3 is 14.2 Å². The number of ether oxygens (including phenoxy) is 3. The van der Waals surface area contributed by atoms with E-state index < -0.39 is 28.9 Å². The summed E-state index contributed by atoms with van der Waals surface area (Å²) in [6, 6.07) is 6.31. The Kier molecular flexibility index (Phi) is 6.03. The highest BCUT2D eigenvalue weighted by Gasteiger charge is 2.23. The lowest BCUT2D eigenvalue weighted by Gasteiger charge is -2.17. The molecule has 0 radical (unpaired) electrons. The molecule has 3 heterocycles. The van der Waals surface area contributed by atoms with Crippen molar-refractivity contribution in [2.24, 2.45) is 0 Å². The lowest BCUT2D eigenvalue weighted by Crippen LogP contribution is -2.38. The van der Waals surface area contributed by atoms with Gasteiger partial charge in [0.1, 0.15) is 18.8 Å². The minimum absolute atomic E-state index is 0.0616. The van der Waals surface area contributed by atoms with Crippen molar-refractivity contribution in [3.8, 4) is 11.8 Å². The third-order valence-corrected chi connectivity index (χ3v) is 4.84. The van der Waals surface area contributed by atoms with E-state index in [2.05, 4.69) is 9.97 Å². The Hall–Kier alpha value is -4.28. The summed E-state index contributed by atoms with van der Waals surface area (Å²) in [7, 11) is 1.46. The van der Waals surface area contributed by atoms with Gasteiger partial charge in [0.15, 0.2) is 11.6 Å². The number of aromatic amines is 1. The summed E-state index contributed by atoms with van der Waals surface area (Å²) in [5.74, 6) is -2.59. The minimum atomic E-state index is -1.10. The van der Waals surface area contributed by atoms with Crippen molar-refractivity contribution in [1.82, 2.24) is 14.5 Å². The number of pyridine rings is 1. The Morgan fingerprint density at radius 3 is 2.76 bits per heavy atom. The van der Waals surface area contributed by atoms with Crippen LogP contribution in [-0.2, 0) is 22.7 Å². The molecule has 4 rings (SSSR count). The summed E-state index contributed by atoms with van der Waals surface area (Å²) in [5, 5.41) is 0. The molecule has 1 N–H and O–H groups in total. The second-order valence-electron chi connectivity index (χ2n) is 7.05. The molecule has 2 aromatic heterocycles. The van der Waals surface area contributed by atoms with Crippen LogP contribution in [0.1, 0.15) is 16.7 Å². The highest BCUT2D eigenvalue weighted by molar-refractivity contribution is 5.95. The van der Waals surface area contributed by atoms with Gasteiger partial charge in [0.2, 0.25) is 11.8 Å². The molecule has 0 atom stereocenters. The van der Waals surface area contributed by atoms with Crippen LogP contribution in [0.3, 0.4) is 0 Å². The van der Waals surface area contributed by atoms with E-state index in [1.54, 1.807) is 12.1 Å². The van der Waals surface area contributed by atoms with E-state index in [1.807, 2.05) is 0 Å². The number of nitrogens with one attached hydrogen (secondary N) is 1. The van der Waals surface area contributed by atoms with Crippen molar-refractivity contribution in [2.45, 2.75) is 13.2 Å². The number of nitrogens with zero attached hydrogens (tertiary/aromatic N) is 2. The monoisotopic (exact) mass is 457 g/mol. The summed E-state index contributed by atoms with van der Waals surface area (Å²) in [5.41, 5.74) is -0.717. The van der Waals surface area contributed by atoms with Gasteiger partial charge in [-0.15, -0.1) is 0 Å². The van der Waals surface area contributed by atoms with Gasteiger partial charge in [0.05, 0.1) is 19.2 Å². The minimum Gasteiger partial charge on any atom is -0.481 e. The van der Waals surface area contributed by atoms with Crippen molar-refractivity contribution >= 4 is 12.0 Å². The number of aromatic nitrogens is 3. The summed E-state index contributed by atoms with van der Waals surface area (Å²) in [6.45, 7) is -0.585. The lowest BCUT2D eigenvalue weighted by molar-refractivity contribution is -0.140. The maximum absolute atomic E-state index is 13.5. The average molecular weight is 457 g/mol. The molecule has 1 aliphatic rings. The van der Waals surface area contributed by atoms with Gasteiger partial charge in [-0.2, -0.15) is 0 Å². The zero-order chi connectivity index (χ0) is 23.5. The van der Waals surface area contributed by atoms with Gasteiger partial charge in [0.25, 0.3) is 5.56 Å². The molecule has 0 amide bonds. The van der Waals surface area contributed by atoms with E-state index in [0.717, 1.165) is 16.7 Å². The zero-order valence-electron chi connectivity index (χ0n) is 17.3. The normalized spacial score (nSPS) is 12.4. The molecular formula is C22H17F2N3O6. The van der Waals surface area contributed by atoms with E-state index >= 15 is 0 Å². The molecular weight excluding hydrogens is 440 g/mol. The predicted molar refractivity (Wildman–Crippen MR) is 111 cm³/mol. The summed E-state index contributed by atoms with van der Waals surface area (Å²) in [6.07, 6.45) is 2.78. The number of H-pyrrole nitrogens is 1. The number of hydrogen-bond donors (Lipinski definition) is 1. The first-order valence-corrected chi connectivity index (χ1v) is 9.66. The lowest BCUT2D eigenvalue weighted by atomic mass is 10.1. The summed E-state index contributed by atoms with van der Waals surface area (Å²) < 4.78 is 43.1. The Morgan fingerprint density at radius 1 is 1.18 bits per heavy atom. The van der Waals surface area contributed by atoms with Crippen LogP contribution in [0.4, 0.5) is 8.78 Å². The molecule has 11 heteroatoms. The standard InChI is InChI=1S/C22H17F2N3O6/c1-31-18-7-13(4-5-25-18)10-33-21(29)14-8-15-19(32-11-14)26-22(30)27(20(15)28)9-12-2-3-16(23)17(24)6-12/h2-8H,9-11H2,1H3,(H,26,30). The molecule has 1 aliphatic heterocycles. The molecule has 0 saturated heterocycles. The molecule has 0 unspecified atom stereocenters. The Balaban J connectivity index is 1.57. The van der Waals surface area contributed by atoms with Gasteiger partial charge in [-0.3, -0.25) is 14.3 Å². The topological polar surface area (TPSA) is 113 Å². The molecule has 0 saturated carbocycles. The number of benzene rings is 1. The average Bonchev–Trinajstić information content (AvgIpc) is 2.82. The van der Waals surface area contributed by atoms with Gasteiger partial charge in [-0.05, 0) is 35.4 Å². The highest BCUT2D eigenvalue weighted by atomic mass is 19.2. The molecule has 0 spiro atoms. The van der Waals surface area contributed by atoms with Crippen molar-refractivity contribution in [3.63, 3.8) is 0 Å². The van der Waals surface area contributed by atoms with Crippen LogP contribution < -0.4 is 20.7 Å². The number of rotatable bonds is 6. The van der Waals surface area contributed by atoms with Gasteiger partial charge in [0, 0.05) is 12.3 Å². The van der Waals surface area contributed by atoms with Gasteiger partial charge in [-0.25, -0.2) is 23.4 Å². The van der Waals surface area contributed by atoms with Crippen LogP contribution in [0, 0.1) is 11.6 Å². The van der Waals surface area contributed by atoms with Crippen molar-refractivity contribution in [1.29, 1.82) is 0 Å². The maximum Gasteiger partial charge on any atom is 0.337 e. The Labute approximate surface area is 184 Å². The van der Waals surface area contributed by atoms with Gasteiger partial charge in [-0.1, -0.05) is 6.07 Å². The largest absolute Gasteiger partial charge is 0.481 e. The van der Waals surface area contributed by atoms with Crippen LogP contribution in [-0.4, -0.2) is 34.2 Å². The fourth-order valence-electron chi connectivity index (χ4n) is 3.15. The second-order valence-corrected chi connectivity index (χ2v) is 7.05. The van der Waals surface area contributed by atoms with E-state index in [-0.39, 0.29) is 42.3 Å². The first-order valence-electron chi connectivity index (χ1n) is 9.66. The van der Waals surface area contributed by atoms with Crippen LogP contribution in [0.25, 0.3) is 6.08 Å². The van der Waals surface area contributed by atoms with Crippen molar-refractivity contribution < 1.29 is 27.8 Å². The number of fused-ring (bicyclic) bond motifs is 1. The molecule has 33 heavy (non-hydrogen) atoms. The molecule has 9 nitrogen and oxygen atoms in total. The second kappa shape index (κ2) is 9.07. The number of methoxy groups -OCH3 is 1. The summed E-state index contributed by atoms with van der Waals surface area (Å²) >= 11 is 0. The smallest absolute Gasteiger partial charge is 0.337 e. The van der Waals surface area contributed by atoms with Crippen LogP contribution in [0.15, 0.2) is 51.7 Å². The Morgan fingerprint density at radius 2 is 2.00 bits per heavy atom. The molecule has 170 valence electrons. The molecule has 3 aromatic rings. The van der Waals surface area contributed by atoms with Gasteiger partial charge >= 0.3 is 11.7 Å². The molecule has 0 fully saturated rings. The van der Waals surface area contributed by atoms with Crippen LogP contribution >= 0.6 is 0 Å². The number of carbonyl (C=O) groups is 1. The van der Waals surface area contributed by atoms with E-state index in [4.69, 9.17) is 14.2 Å². The van der Waals surface area contributed by atoms with Crippen LogP contribution in [0.2, 0.25) is 0 Å². The third kappa shape index (κ3) is 4.66. The van der Waals surface area contributed by atoms with Crippen LogP contribution in [0.5, 0.6) is 11.8 Å². The zero-order valence-corrected chi connectivity index (χ0v) is 17.3. The first kappa shape index (κ1) is 21.9. The molecule has 0 aliphatic carbocycles. The maximum atomic E-state index is 13.5. The van der Waals surface area contributed by atoms with Crippen molar-refractivity contribution in [2.75, 3.05) is 13.7 Å². The quantitative estimate of drug-likeness (QED) is 0.562. The fraction of sp³-hybridized carbons (Fsp3) is 0.182. The SMILES string of the molecule is COc1cc(COC(=O)C2=Cc3c([nH]c(=O)n(Cc4ccc(F)c(F)c4)c3=O)OC2)ccn1. The molecule has 0 bridgehead atoms.